The van der Waals surface area contributed by atoms with Gasteiger partial charge in [-0.25, -0.2) is 4.79 Å². The van der Waals surface area contributed by atoms with E-state index in [9.17, 15) is 19.2 Å². The number of rotatable bonds is 5. The Morgan fingerprint density at radius 3 is 2.46 bits per heavy atom. The standard InChI is InChI=1S/C19H23N3O6/c1-13-3-5-14(6-4-13)19(2)17(25)22(18(26)20-19)11-16(24)28-12-15(23)21-7-9-27-10-8-21/h3-6H,7-12H2,1-2H3,(H,20,26)/t19-/m1/s1. The van der Waals surface area contributed by atoms with Crippen molar-refractivity contribution < 1.29 is 28.7 Å². The van der Waals surface area contributed by atoms with E-state index in [2.05, 4.69) is 5.32 Å². The molecule has 2 heterocycles. The average molecular weight is 389 g/mol. The van der Waals surface area contributed by atoms with Crippen molar-refractivity contribution in [1.29, 1.82) is 0 Å². The van der Waals surface area contributed by atoms with Crippen molar-refractivity contribution in [2.45, 2.75) is 19.4 Å². The number of imide groups is 1. The van der Waals surface area contributed by atoms with E-state index in [1.54, 1.807) is 24.0 Å². The fourth-order valence-electron chi connectivity index (χ4n) is 3.14. The Morgan fingerprint density at radius 2 is 1.82 bits per heavy atom. The molecule has 3 rings (SSSR count). The number of morpholine rings is 1. The summed E-state index contributed by atoms with van der Waals surface area (Å²) in [6.07, 6.45) is 0. The summed E-state index contributed by atoms with van der Waals surface area (Å²) in [5.41, 5.74) is 0.388. The predicted octanol–water partition coefficient (Wildman–Crippen LogP) is 0.164. The Labute approximate surface area is 162 Å². The number of amides is 4. The van der Waals surface area contributed by atoms with Gasteiger partial charge in [-0.3, -0.25) is 19.3 Å². The maximum Gasteiger partial charge on any atom is 0.326 e. The van der Waals surface area contributed by atoms with Gasteiger partial charge in [0.25, 0.3) is 11.8 Å². The molecular formula is C19H23N3O6. The molecule has 1 atom stereocenters. The molecule has 9 heteroatoms. The number of hydrogen-bond donors (Lipinski definition) is 1. The molecule has 0 unspecified atom stereocenters. The molecule has 1 N–H and O–H groups in total. The lowest BCUT2D eigenvalue weighted by molar-refractivity contribution is -0.155. The summed E-state index contributed by atoms with van der Waals surface area (Å²) in [6.45, 7) is 4.29. The number of carbonyl (C=O) groups excluding carboxylic acids is 4. The second-order valence-electron chi connectivity index (χ2n) is 6.97. The lowest BCUT2D eigenvalue weighted by Crippen LogP contribution is -2.44. The summed E-state index contributed by atoms with van der Waals surface area (Å²) in [6, 6.07) is 6.53. The summed E-state index contributed by atoms with van der Waals surface area (Å²) in [4.78, 5) is 51.5. The van der Waals surface area contributed by atoms with Crippen molar-refractivity contribution in [3.63, 3.8) is 0 Å². The maximum atomic E-state index is 12.8. The first kappa shape index (κ1) is 19.8. The third kappa shape index (κ3) is 3.99. The zero-order valence-electron chi connectivity index (χ0n) is 15.9. The van der Waals surface area contributed by atoms with Gasteiger partial charge in [0.1, 0.15) is 12.1 Å². The van der Waals surface area contributed by atoms with Crippen molar-refractivity contribution in [3.05, 3.63) is 35.4 Å². The minimum absolute atomic E-state index is 0.335. The molecule has 0 radical (unpaired) electrons. The zero-order valence-corrected chi connectivity index (χ0v) is 15.9. The van der Waals surface area contributed by atoms with Crippen LogP contribution >= 0.6 is 0 Å². The fraction of sp³-hybridized carbons (Fsp3) is 0.474. The lowest BCUT2D eigenvalue weighted by Gasteiger charge is -2.26. The Kier molecular flexibility index (Phi) is 5.64. The monoisotopic (exact) mass is 389 g/mol. The molecule has 0 aliphatic carbocycles. The number of esters is 1. The van der Waals surface area contributed by atoms with Crippen LogP contribution in [0.25, 0.3) is 0 Å². The van der Waals surface area contributed by atoms with E-state index in [1.807, 2.05) is 19.1 Å². The first-order valence-corrected chi connectivity index (χ1v) is 9.03. The molecule has 2 aliphatic rings. The molecule has 0 bridgehead atoms. The number of carbonyl (C=O) groups is 4. The van der Waals surface area contributed by atoms with Gasteiger partial charge in [-0.2, -0.15) is 0 Å². The van der Waals surface area contributed by atoms with Gasteiger partial charge >= 0.3 is 12.0 Å². The molecule has 9 nitrogen and oxygen atoms in total. The van der Waals surface area contributed by atoms with Gasteiger partial charge in [0, 0.05) is 13.1 Å². The van der Waals surface area contributed by atoms with Gasteiger partial charge in [0.15, 0.2) is 6.61 Å². The molecule has 2 aliphatic heterocycles. The first-order valence-electron chi connectivity index (χ1n) is 9.03. The van der Waals surface area contributed by atoms with Crippen LogP contribution in [0, 0.1) is 6.92 Å². The van der Waals surface area contributed by atoms with Crippen molar-refractivity contribution >= 4 is 23.8 Å². The van der Waals surface area contributed by atoms with Gasteiger partial charge < -0.3 is 19.7 Å². The van der Waals surface area contributed by atoms with Crippen molar-refractivity contribution in [2.24, 2.45) is 0 Å². The van der Waals surface area contributed by atoms with Crippen LogP contribution in [0.5, 0.6) is 0 Å². The fourth-order valence-corrected chi connectivity index (χ4v) is 3.14. The third-order valence-corrected chi connectivity index (χ3v) is 4.91. The Morgan fingerprint density at radius 1 is 1.18 bits per heavy atom. The molecule has 2 saturated heterocycles. The molecule has 0 spiro atoms. The quantitative estimate of drug-likeness (QED) is 0.568. The molecule has 150 valence electrons. The van der Waals surface area contributed by atoms with Crippen LogP contribution in [-0.4, -0.2) is 73.1 Å². The molecule has 0 aromatic heterocycles. The van der Waals surface area contributed by atoms with Crippen LogP contribution in [0.15, 0.2) is 24.3 Å². The smallest absolute Gasteiger partial charge is 0.326 e. The summed E-state index contributed by atoms with van der Waals surface area (Å²) in [7, 11) is 0. The maximum absolute atomic E-state index is 12.8. The second-order valence-corrected chi connectivity index (χ2v) is 6.97. The molecule has 1 aromatic carbocycles. The highest BCUT2D eigenvalue weighted by atomic mass is 16.5. The Bertz CT molecular complexity index is 787. The summed E-state index contributed by atoms with van der Waals surface area (Å²) in [5.74, 6) is -1.70. The van der Waals surface area contributed by atoms with Crippen molar-refractivity contribution in [1.82, 2.24) is 15.1 Å². The van der Waals surface area contributed by atoms with E-state index in [4.69, 9.17) is 9.47 Å². The van der Waals surface area contributed by atoms with Gasteiger partial charge in [-0.05, 0) is 19.4 Å². The summed E-state index contributed by atoms with van der Waals surface area (Å²) >= 11 is 0. The van der Waals surface area contributed by atoms with E-state index in [0.717, 1.165) is 10.5 Å². The number of nitrogens with one attached hydrogen (secondary N) is 1. The SMILES string of the molecule is Cc1ccc([C@@]2(C)NC(=O)N(CC(=O)OCC(=O)N3CCOCC3)C2=O)cc1. The second kappa shape index (κ2) is 7.97. The van der Waals surface area contributed by atoms with E-state index in [-0.39, 0.29) is 5.91 Å². The molecule has 1 aromatic rings. The van der Waals surface area contributed by atoms with E-state index < -0.39 is 36.6 Å². The number of nitrogens with zero attached hydrogens (tertiary/aromatic N) is 2. The van der Waals surface area contributed by atoms with Crippen LogP contribution in [0.1, 0.15) is 18.1 Å². The van der Waals surface area contributed by atoms with Gasteiger partial charge in [-0.15, -0.1) is 0 Å². The van der Waals surface area contributed by atoms with Crippen LogP contribution in [0.3, 0.4) is 0 Å². The molecular weight excluding hydrogens is 366 g/mol. The highest BCUT2D eigenvalue weighted by Gasteiger charge is 2.49. The minimum atomic E-state index is -1.26. The largest absolute Gasteiger partial charge is 0.454 e. The van der Waals surface area contributed by atoms with Gasteiger partial charge in [0.05, 0.1) is 13.2 Å². The van der Waals surface area contributed by atoms with Gasteiger partial charge in [0.2, 0.25) is 0 Å². The van der Waals surface area contributed by atoms with Crippen LogP contribution in [0.4, 0.5) is 4.79 Å². The average Bonchev–Trinajstić information content (AvgIpc) is 2.91. The topological polar surface area (TPSA) is 105 Å². The number of aryl methyl sites for hydroxylation is 1. The van der Waals surface area contributed by atoms with Crippen molar-refractivity contribution in [2.75, 3.05) is 39.5 Å². The molecule has 2 fully saturated rings. The van der Waals surface area contributed by atoms with E-state index in [0.29, 0.717) is 31.9 Å². The number of urea groups is 1. The van der Waals surface area contributed by atoms with E-state index >= 15 is 0 Å². The van der Waals surface area contributed by atoms with E-state index in [1.165, 1.54) is 0 Å². The minimum Gasteiger partial charge on any atom is -0.454 e. The molecule has 0 saturated carbocycles. The normalized spacial score (nSPS) is 22.2. The number of hydrogen-bond acceptors (Lipinski definition) is 6. The van der Waals surface area contributed by atoms with Crippen LogP contribution < -0.4 is 5.32 Å². The van der Waals surface area contributed by atoms with Crippen molar-refractivity contribution in [3.8, 4) is 0 Å². The highest BCUT2D eigenvalue weighted by molar-refractivity contribution is 6.08. The van der Waals surface area contributed by atoms with Crippen LogP contribution in [0.2, 0.25) is 0 Å². The predicted molar refractivity (Wildman–Crippen MR) is 97.1 cm³/mol. The zero-order chi connectivity index (χ0) is 20.3. The first-order chi connectivity index (χ1) is 13.3. The number of benzene rings is 1. The molecule has 4 amide bonds. The summed E-state index contributed by atoms with van der Waals surface area (Å²) in [5, 5.41) is 2.63. The highest BCUT2D eigenvalue weighted by Crippen LogP contribution is 2.28. The molecule has 28 heavy (non-hydrogen) atoms. The Hall–Kier alpha value is -2.94. The van der Waals surface area contributed by atoms with Crippen LogP contribution in [-0.2, 0) is 29.4 Å². The van der Waals surface area contributed by atoms with Gasteiger partial charge in [-0.1, -0.05) is 29.8 Å². The Balaban J connectivity index is 1.58. The number of ether oxygens (including phenoxy) is 2. The lowest BCUT2D eigenvalue weighted by atomic mass is 9.91. The summed E-state index contributed by atoms with van der Waals surface area (Å²) < 4.78 is 10.1. The third-order valence-electron chi connectivity index (χ3n) is 4.91.